The van der Waals surface area contributed by atoms with E-state index in [1.54, 1.807) is 19.1 Å². The maximum Gasteiger partial charge on any atom is 0.410 e. The van der Waals surface area contributed by atoms with Crippen LogP contribution in [0, 0.1) is 11.8 Å². The maximum absolute atomic E-state index is 12.1. The first-order chi connectivity index (χ1) is 23.2. The van der Waals surface area contributed by atoms with E-state index in [4.69, 9.17) is 18.9 Å². The molecule has 0 aromatic carbocycles. The molecule has 0 saturated carbocycles. The molecule has 0 aromatic heterocycles. The lowest BCUT2D eigenvalue weighted by Crippen LogP contribution is -2.51. The Hall–Kier alpha value is -2.03. The normalized spacial score (nSPS) is 21.7. The molecule has 0 spiro atoms. The smallest absolute Gasteiger partial charge is 0.410 e. The molecular formula is C36H68N6O7. The van der Waals surface area contributed by atoms with Crippen molar-refractivity contribution in [3.63, 3.8) is 0 Å². The van der Waals surface area contributed by atoms with Gasteiger partial charge in [-0.05, 0) is 93.4 Å². The molecule has 284 valence electrons. The Labute approximate surface area is 296 Å². The Morgan fingerprint density at radius 2 is 0.898 bits per heavy atom. The van der Waals surface area contributed by atoms with Gasteiger partial charge in [-0.2, -0.15) is 0 Å². The third kappa shape index (κ3) is 15.4. The molecule has 13 nitrogen and oxygen atoms in total. The minimum atomic E-state index is -0.429. The monoisotopic (exact) mass is 697 g/mol. The van der Waals surface area contributed by atoms with Crippen LogP contribution in [0.3, 0.4) is 0 Å². The molecule has 0 N–H and O–H groups in total. The highest BCUT2D eigenvalue weighted by Crippen LogP contribution is 2.23. The minimum Gasteiger partial charge on any atom is -0.444 e. The van der Waals surface area contributed by atoms with E-state index in [0.29, 0.717) is 5.92 Å². The zero-order valence-corrected chi connectivity index (χ0v) is 32.0. The number of carbonyl (C=O) groups excluding carboxylic acids is 3. The average Bonchev–Trinajstić information content (AvgIpc) is 3.07. The van der Waals surface area contributed by atoms with Gasteiger partial charge in [-0.15, -0.1) is 0 Å². The predicted molar refractivity (Wildman–Crippen MR) is 191 cm³/mol. The van der Waals surface area contributed by atoms with E-state index in [-0.39, 0.29) is 24.4 Å². The van der Waals surface area contributed by atoms with Crippen LogP contribution in [0.5, 0.6) is 0 Å². The standard InChI is InChI=1S/C19H37N3O4.C17H31N3O3/c1-19(2,3)26-18(23)22-14-12-21(13-15-22)11-10-20-8-6-16(7-9-20)17(24-4)25-5;1-17(2,3)23-16(22)20-12-10-19(11-13-20)9-8-18-6-4-15(14-21)5-7-18/h16-17H,6-15H2,1-5H3;14-15H,4-13H2,1-3H3. The van der Waals surface area contributed by atoms with E-state index in [1.807, 2.05) is 46.4 Å². The number of aldehydes is 1. The highest BCUT2D eigenvalue weighted by molar-refractivity contribution is 5.68. The van der Waals surface area contributed by atoms with Crippen LogP contribution < -0.4 is 0 Å². The number of ether oxygens (including phenoxy) is 4. The SMILES string of the molecule is CC(C)(C)OC(=O)N1CCN(CCN2CCC(C=O)CC2)CC1.COC(OC)C1CCN(CCN2CCN(C(=O)OC(C)(C)C)CC2)CC1. The summed E-state index contributed by atoms with van der Waals surface area (Å²) in [7, 11) is 3.44. The number of hydrogen-bond donors (Lipinski definition) is 0. The molecule has 4 heterocycles. The average molecular weight is 697 g/mol. The van der Waals surface area contributed by atoms with Crippen molar-refractivity contribution in [3.05, 3.63) is 0 Å². The van der Waals surface area contributed by atoms with E-state index < -0.39 is 11.2 Å². The Balaban J connectivity index is 0.000000267. The van der Waals surface area contributed by atoms with Crippen LogP contribution in [0.15, 0.2) is 0 Å². The number of amides is 2. The third-order valence-corrected chi connectivity index (χ3v) is 9.82. The molecule has 4 fully saturated rings. The van der Waals surface area contributed by atoms with Crippen molar-refractivity contribution in [2.45, 2.75) is 84.7 Å². The fourth-order valence-corrected chi connectivity index (χ4v) is 6.77. The highest BCUT2D eigenvalue weighted by Gasteiger charge is 2.29. The molecule has 4 aliphatic rings. The van der Waals surface area contributed by atoms with Gasteiger partial charge in [0.2, 0.25) is 0 Å². The second-order valence-corrected chi connectivity index (χ2v) is 16.0. The summed E-state index contributed by atoms with van der Waals surface area (Å²) in [5.74, 6) is 0.766. The van der Waals surface area contributed by atoms with E-state index >= 15 is 0 Å². The Bertz CT molecular complexity index is 969. The van der Waals surface area contributed by atoms with E-state index in [0.717, 1.165) is 137 Å². The molecule has 4 saturated heterocycles. The summed E-state index contributed by atoms with van der Waals surface area (Å²) in [6.45, 7) is 26.6. The summed E-state index contributed by atoms with van der Waals surface area (Å²) >= 11 is 0. The molecule has 0 bridgehead atoms. The number of rotatable bonds is 10. The maximum atomic E-state index is 12.1. The second kappa shape index (κ2) is 20.1. The minimum absolute atomic E-state index is 0.0712. The van der Waals surface area contributed by atoms with Crippen LogP contribution in [0.2, 0.25) is 0 Å². The second-order valence-electron chi connectivity index (χ2n) is 16.0. The number of piperidine rings is 2. The zero-order valence-electron chi connectivity index (χ0n) is 32.0. The van der Waals surface area contributed by atoms with Crippen LogP contribution in [0.25, 0.3) is 0 Å². The summed E-state index contributed by atoms with van der Waals surface area (Å²) in [4.78, 5) is 48.4. The third-order valence-electron chi connectivity index (χ3n) is 9.82. The quantitative estimate of drug-likeness (QED) is 0.248. The Morgan fingerprint density at radius 3 is 1.20 bits per heavy atom. The molecule has 0 radical (unpaired) electrons. The first kappa shape index (κ1) is 41.4. The summed E-state index contributed by atoms with van der Waals surface area (Å²) in [5.41, 5.74) is -0.854. The fraction of sp³-hybridized carbons (Fsp3) is 0.917. The summed E-state index contributed by atoms with van der Waals surface area (Å²) in [6, 6.07) is 0. The first-order valence-corrected chi connectivity index (χ1v) is 18.6. The van der Waals surface area contributed by atoms with Gasteiger partial charge >= 0.3 is 12.2 Å². The van der Waals surface area contributed by atoms with Gasteiger partial charge in [0.15, 0.2) is 6.29 Å². The Morgan fingerprint density at radius 1 is 0.571 bits per heavy atom. The van der Waals surface area contributed by atoms with Gasteiger partial charge in [0, 0.05) is 105 Å². The van der Waals surface area contributed by atoms with E-state index in [2.05, 4.69) is 19.6 Å². The highest BCUT2D eigenvalue weighted by atomic mass is 16.7. The van der Waals surface area contributed by atoms with Crippen molar-refractivity contribution in [1.29, 1.82) is 0 Å². The number of hydrogen-bond acceptors (Lipinski definition) is 11. The lowest BCUT2D eigenvalue weighted by molar-refractivity contribution is -0.147. The largest absolute Gasteiger partial charge is 0.444 e. The number of carbonyl (C=O) groups is 3. The van der Waals surface area contributed by atoms with E-state index in [9.17, 15) is 14.4 Å². The molecule has 0 atom stereocenters. The van der Waals surface area contributed by atoms with Crippen molar-refractivity contribution < 1.29 is 33.3 Å². The predicted octanol–water partition coefficient (Wildman–Crippen LogP) is 3.32. The Kier molecular flexibility index (Phi) is 17.0. The summed E-state index contributed by atoms with van der Waals surface area (Å²) in [5, 5.41) is 0. The zero-order chi connectivity index (χ0) is 36.0. The van der Waals surface area contributed by atoms with Crippen LogP contribution in [-0.2, 0) is 23.7 Å². The van der Waals surface area contributed by atoms with Gasteiger partial charge < -0.3 is 43.3 Å². The molecule has 0 aliphatic carbocycles. The van der Waals surface area contributed by atoms with Crippen molar-refractivity contribution in [2.75, 3.05) is 119 Å². The fourth-order valence-electron chi connectivity index (χ4n) is 6.77. The number of likely N-dealkylation sites (tertiary alicyclic amines) is 2. The molecule has 4 aliphatic heterocycles. The van der Waals surface area contributed by atoms with Crippen LogP contribution in [-0.4, -0.2) is 184 Å². The van der Waals surface area contributed by atoms with Gasteiger partial charge in [-0.25, -0.2) is 9.59 Å². The van der Waals surface area contributed by atoms with Crippen molar-refractivity contribution >= 4 is 18.5 Å². The number of piperazine rings is 2. The van der Waals surface area contributed by atoms with E-state index in [1.165, 1.54) is 0 Å². The van der Waals surface area contributed by atoms with Gasteiger partial charge in [0.05, 0.1) is 0 Å². The summed E-state index contributed by atoms with van der Waals surface area (Å²) in [6.07, 6.45) is 4.88. The number of nitrogens with zero attached hydrogens (tertiary/aromatic N) is 6. The topological polar surface area (TPSA) is 108 Å². The molecule has 0 unspecified atom stereocenters. The molecule has 13 heteroatoms. The molecule has 4 rings (SSSR count). The van der Waals surface area contributed by atoms with Gasteiger partial charge in [-0.1, -0.05) is 0 Å². The lowest BCUT2D eigenvalue weighted by atomic mass is 9.96. The van der Waals surface area contributed by atoms with Gasteiger partial charge in [0.1, 0.15) is 17.5 Å². The van der Waals surface area contributed by atoms with Crippen LogP contribution in [0.1, 0.15) is 67.2 Å². The van der Waals surface area contributed by atoms with Crippen LogP contribution >= 0.6 is 0 Å². The summed E-state index contributed by atoms with van der Waals surface area (Å²) < 4.78 is 21.7. The van der Waals surface area contributed by atoms with Crippen LogP contribution in [0.4, 0.5) is 9.59 Å². The molecular weight excluding hydrogens is 628 g/mol. The molecule has 0 aromatic rings. The van der Waals surface area contributed by atoms with Gasteiger partial charge in [0.25, 0.3) is 0 Å². The van der Waals surface area contributed by atoms with Crippen molar-refractivity contribution in [1.82, 2.24) is 29.4 Å². The van der Waals surface area contributed by atoms with Gasteiger partial charge in [-0.3, -0.25) is 9.80 Å². The molecule has 2 amide bonds. The lowest BCUT2D eigenvalue weighted by Gasteiger charge is -2.38. The van der Waals surface area contributed by atoms with Crippen molar-refractivity contribution in [3.8, 4) is 0 Å². The number of methoxy groups -OCH3 is 2. The molecule has 49 heavy (non-hydrogen) atoms. The van der Waals surface area contributed by atoms with Crippen molar-refractivity contribution in [2.24, 2.45) is 11.8 Å². The first-order valence-electron chi connectivity index (χ1n) is 18.6.